The summed E-state index contributed by atoms with van der Waals surface area (Å²) in [5, 5.41) is 20.3. The Bertz CT molecular complexity index is 1470. The number of hydrogen-bond acceptors (Lipinski definition) is 6. The van der Waals surface area contributed by atoms with Crippen molar-refractivity contribution < 1.29 is 24.5 Å². The fraction of sp³-hybridized carbons (Fsp3) is 0.387. The zero-order chi connectivity index (χ0) is 28.8. The maximum absolute atomic E-state index is 13.8. The van der Waals surface area contributed by atoms with Crippen molar-refractivity contribution >= 4 is 44.9 Å². The predicted molar refractivity (Wildman–Crippen MR) is 162 cm³/mol. The van der Waals surface area contributed by atoms with Gasteiger partial charge >= 0.3 is 0 Å². The minimum Gasteiger partial charge on any atom is -0.507 e. The van der Waals surface area contributed by atoms with Gasteiger partial charge in [0.2, 0.25) is 0 Å². The molecule has 1 aliphatic rings. The van der Waals surface area contributed by atoms with E-state index < -0.39 is 0 Å². The van der Waals surface area contributed by atoms with Gasteiger partial charge in [0.15, 0.2) is 11.5 Å². The van der Waals surface area contributed by atoms with Gasteiger partial charge in [-0.3, -0.25) is 4.79 Å². The number of nitrogens with zero attached hydrogens (tertiary/aromatic N) is 2. The highest BCUT2D eigenvalue weighted by Gasteiger charge is 2.35. The molecule has 0 saturated heterocycles. The van der Waals surface area contributed by atoms with Gasteiger partial charge in [0, 0.05) is 60.4 Å². The van der Waals surface area contributed by atoms with Crippen LogP contribution in [0.15, 0.2) is 48.5 Å². The SMILES string of the molecule is CCCN(CC)CCOc1cc2cc(C(=O)N3C[C@@H](CCl)c4c3cc(O)c3ccccc43)[nH]c2cc1OC.CO. The first kappa shape index (κ1) is 29.5. The van der Waals surface area contributed by atoms with Crippen LogP contribution < -0.4 is 14.4 Å². The van der Waals surface area contributed by atoms with Crippen molar-refractivity contribution in [3.63, 3.8) is 0 Å². The minimum absolute atomic E-state index is 0.0269. The number of rotatable bonds is 10. The van der Waals surface area contributed by atoms with Crippen molar-refractivity contribution in [2.24, 2.45) is 0 Å². The van der Waals surface area contributed by atoms with Crippen LogP contribution in [0.3, 0.4) is 0 Å². The smallest absolute Gasteiger partial charge is 0.274 e. The van der Waals surface area contributed by atoms with Gasteiger partial charge in [-0.2, -0.15) is 0 Å². The fourth-order valence-corrected chi connectivity index (χ4v) is 5.70. The van der Waals surface area contributed by atoms with Crippen molar-refractivity contribution in [2.45, 2.75) is 26.2 Å². The molecule has 0 unspecified atom stereocenters. The number of fused-ring (bicyclic) bond motifs is 4. The van der Waals surface area contributed by atoms with Gasteiger partial charge in [0.1, 0.15) is 18.1 Å². The van der Waals surface area contributed by atoms with Gasteiger partial charge in [0.25, 0.3) is 5.91 Å². The van der Waals surface area contributed by atoms with Gasteiger partial charge < -0.3 is 34.5 Å². The number of ether oxygens (including phenoxy) is 2. The maximum atomic E-state index is 13.8. The number of halogens is 1. The van der Waals surface area contributed by atoms with E-state index in [1.165, 1.54) is 0 Å². The number of H-pyrrole nitrogens is 1. The van der Waals surface area contributed by atoms with E-state index in [-0.39, 0.29) is 17.6 Å². The summed E-state index contributed by atoms with van der Waals surface area (Å²) < 4.78 is 11.7. The Hall–Kier alpha value is -3.46. The molecule has 0 bridgehead atoms. The molecule has 0 spiro atoms. The number of anilines is 1. The monoisotopic (exact) mass is 567 g/mol. The highest BCUT2D eigenvalue weighted by Crippen LogP contribution is 2.45. The van der Waals surface area contributed by atoms with Crippen LogP contribution in [0.5, 0.6) is 17.2 Å². The van der Waals surface area contributed by atoms with Gasteiger partial charge in [-0.25, -0.2) is 0 Å². The molecule has 9 heteroatoms. The van der Waals surface area contributed by atoms with Crippen LogP contribution in [-0.2, 0) is 0 Å². The number of benzene rings is 3. The maximum Gasteiger partial charge on any atom is 0.274 e. The van der Waals surface area contributed by atoms with E-state index in [0.29, 0.717) is 41.9 Å². The Labute approximate surface area is 240 Å². The molecule has 214 valence electrons. The summed E-state index contributed by atoms with van der Waals surface area (Å²) in [5.41, 5.74) is 2.94. The second-order valence-electron chi connectivity index (χ2n) is 9.70. The van der Waals surface area contributed by atoms with E-state index in [2.05, 4.69) is 23.7 Å². The van der Waals surface area contributed by atoms with E-state index in [1.54, 1.807) is 18.1 Å². The topological polar surface area (TPSA) is 98.3 Å². The van der Waals surface area contributed by atoms with Gasteiger partial charge in [-0.1, -0.05) is 38.1 Å². The molecule has 1 amide bonds. The number of aliphatic hydroxyl groups excluding tert-OH is 1. The normalized spacial score (nSPS) is 14.4. The summed E-state index contributed by atoms with van der Waals surface area (Å²) in [6.45, 7) is 8.18. The molecule has 40 heavy (non-hydrogen) atoms. The zero-order valence-electron chi connectivity index (χ0n) is 23.5. The molecule has 2 heterocycles. The fourth-order valence-electron chi connectivity index (χ4n) is 5.45. The highest BCUT2D eigenvalue weighted by molar-refractivity contribution is 6.19. The number of aromatic nitrogens is 1. The Balaban J connectivity index is 0.00000181. The molecule has 1 atom stereocenters. The number of phenolic OH excluding ortho intramolecular Hbond substituents is 1. The third kappa shape index (κ3) is 5.70. The molecule has 3 aromatic carbocycles. The lowest BCUT2D eigenvalue weighted by Crippen LogP contribution is -2.30. The molecule has 5 rings (SSSR count). The van der Waals surface area contributed by atoms with E-state index in [4.69, 9.17) is 26.2 Å². The van der Waals surface area contributed by atoms with Crippen LogP contribution in [0.1, 0.15) is 42.2 Å². The number of carbonyl (C=O) groups excluding carboxylic acids is 1. The van der Waals surface area contributed by atoms with Crippen LogP contribution in [-0.4, -0.2) is 78.9 Å². The molecule has 3 N–H and O–H groups in total. The molecular formula is C31H38ClN3O5. The summed E-state index contributed by atoms with van der Waals surface area (Å²) in [7, 11) is 2.61. The van der Waals surface area contributed by atoms with Crippen LogP contribution in [0.25, 0.3) is 21.7 Å². The van der Waals surface area contributed by atoms with Crippen molar-refractivity contribution in [1.82, 2.24) is 9.88 Å². The third-order valence-corrected chi connectivity index (χ3v) is 7.74. The van der Waals surface area contributed by atoms with E-state index in [1.807, 2.05) is 42.5 Å². The standard InChI is InChI=1S/C30H34ClN3O4.CH4O/c1-4-10-33(5-2)11-12-38-28-14-19-13-24(32-23(19)15-27(28)37-3)30(36)34-18-20(17-31)29-22-9-7-6-8-21(22)26(35)16-25(29)34;1-2/h6-9,13-16,20,32,35H,4-5,10-12,17-18H2,1-3H3;2H,1H3/t20-;/m1./s1. The molecule has 0 radical (unpaired) electrons. The lowest BCUT2D eigenvalue weighted by atomic mass is 9.95. The molecule has 1 aliphatic heterocycles. The third-order valence-electron chi connectivity index (χ3n) is 7.36. The van der Waals surface area contributed by atoms with E-state index >= 15 is 0 Å². The first-order chi connectivity index (χ1) is 19.5. The number of nitrogens with one attached hydrogen (secondary N) is 1. The summed E-state index contributed by atoms with van der Waals surface area (Å²) in [4.78, 5) is 21.1. The van der Waals surface area contributed by atoms with Crippen LogP contribution in [0.4, 0.5) is 5.69 Å². The number of aromatic amines is 1. The minimum atomic E-state index is -0.177. The summed E-state index contributed by atoms with van der Waals surface area (Å²) >= 11 is 6.36. The molecular weight excluding hydrogens is 530 g/mol. The van der Waals surface area contributed by atoms with Crippen LogP contribution in [0, 0.1) is 0 Å². The largest absolute Gasteiger partial charge is 0.507 e. The molecule has 0 saturated carbocycles. The Morgan fingerprint density at radius 1 is 1.10 bits per heavy atom. The molecule has 4 aromatic rings. The van der Waals surface area contributed by atoms with Crippen LogP contribution >= 0.6 is 11.6 Å². The summed E-state index contributed by atoms with van der Waals surface area (Å²) in [5.74, 6) is 1.59. The Morgan fingerprint density at radius 2 is 1.85 bits per heavy atom. The number of likely N-dealkylation sites (N-methyl/N-ethyl adjacent to an activating group) is 1. The number of phenols is 1. The van der Waals surface area contributed by atoms with Gasteiger partial charge in [0.05, 0.1) is 12.8 Å². The average Bonchev–Trinajstić information content (AvgIpc) is 3.58. The van der Waals surface area contributed by atoms with Crippen LogP contribution in [0.2, 0.25) is 0 Å². The first-order valence-corrected chi connectivity index (χ1v) is 14.2. The number of aromatic hydroxyl groups is 1. The second-order valence-corrected chi connectivity index (χ2v) is 10.0. The lowest BCUT2D eigenvalue weighted by molar-refractivity contribution is 0.0984. The number of methoxy groups -OCH3 is 1. The van der Waals surface area contributed by atoms with Gasteiger partial charge in [-0.05, 0) is 42.6 Å². The summed E-state index contributed by atoms with van der Waals surface area (Å²) in [6.07, 6.45) is 1.10. The van der Waals surface area contributed by atoms with E-state index in [0.717, 1.165) is 60.4 Å². The number of carbonyl (C=O) groups is 1. The number of hydrogen-bond donors (Lipinski definition) is 3. The van der Waals surface area contributed by atoms with Gasteiger partial charge in [-0.15, -0.1) is 11.6 Å². The number of aliphatic hydroxyl groups is 1. The van der Waals surface area contributed by atoms with Crippen molar-refractivity contribution in [3.05, 3.63) is 59.8 Å². The molecule has 0 aliphatic carbocycles. The Morgan fingerprint density at radius 3 is 2.52 bits per heavy atom. The second kappa shape index (κ2) is 13.3. The molecule has 1 aromatic heterocycles. The quantitative estimate of drug-likeness (QED) is 0.211. The van der Waals surface area contributed by atoms with Crippen molar-refractivity contribution in [3.8, 4) is 17.2 Å². The number of amides is 1. The first-order valence-electron chi connectivity index (χ1n) is 13.6. The van der Waals surface area contributed by atoms with Crippen molar-refractivity contribution in [1.29, 1.82) is 0 Å². The average molecular weight is 568 g/mol. The highest BCUT2D eigenvalue weighted by atomic mass is 35.5. The lowest BCUT2D eigenvalue weighted by Gasteiger charge is -2.20. The zero-order valence-corrected chi connectivity index (χ0v) is 24.3. The summed E-state index contributed by atoms with van der Waals surface area (Å²) in [6, 6.07) is 15.0. The predicted octanol–water partition coefficient (Wildman–Crippen LogP) is 5.74. The number of alkyl halides is 1. The molecule has 8 nitrogen and oxygen atoms in total. The Kier molecular flexibility index (Phi) is 9.79. The molecule has 0 fully saturated rings. The van der Waals surface area contributed by atoms with E-state index in [9.17, 15) is 9.90 Å². The van der Waals surface area contributed by atoms with Crippen molar-refractivity contribution in [2.75, 3.05) is 57.8 Å².